The van der Waals surface area contributed by atoms with Crippen LogP contribution >= 0.6 is 0 Å². The number of imidazole rings is 1. The van der Waals surface area contributed by atoms with Gasteiger partial charge in [0.15, 0.2) is 15.5 Å². The maximum atomic E-state index is 12.0. The lowest BCUT2D eigenvalue weighted by atomic mass is 10.2. The Morgan fingerprint density at radius 3 is 3.00 bits per heavy atom. The Morgan fingerprint density at radius 1 is 1.29 bits per heavy atom. The number of aromatic nitrogens is 3. The summed E-state index contributed by atoms with van der Waals surface area (Å²) in [5, 5.41) is -0.490. The van der Waals surface area contributed by atoms with Crippen molar-refractivity contribution in [1.29, 1.82) is 0 Å². The molecule has 0 radical (unpaired) electrons. The molecule has 0 amide bonds. The van der Waals surface area contributed by atoms with Gasteiger partial charge in [0.05, 0.1) is 12.1 Å². The zero-order valence-electron chi connectivity index (χ0n) is 9.28. The van der Waals surface area contributed by atoms with Gasteiger partial charge in [-0.2, -0.15) is 0 Å². The number of hydrogen-bond donors (Lipinski definition) is 0. The van der Waals surface area contributed by atoms with Crippen LogP contribution in [0.2, 0.25) is 0 Å². The molecule has 0 spiro atoms. The average molecular weight is 251 g/mol. The fraction of sp³-hybridized carbons (Fsp3) is 0.455. The van der Waals surface area contributed by atoms with Gasteiger partial charge in [0.2, 0.25) is 0 Å². The SMILES string of the molecule is O=S1(=O)CCCCC1n1cnc2cccnc21. The summed E-state index contributed by atoms with van der Waals surface area (Å²) in [6.45, 7) is 0. The van der Waals surface area contributed by atoms with Crippen LogP contribution in [0, 0.1) is 0 Å². The van der Waals surface area contributed by atoms with Gasteiger partial charge in [-0.3, -0.25) is 4.57 Å². The molecule has 3 heterocycles. The van der Waals surface area contributed by atoms with E-state index in [1.165, 1.54) is 0 Å². The summed E-state index contributed by atoms with van der Waals surface area (Å²) in [7, 11) is -3.06. The Bertz CT molecular complexity index is 648. The minimum Gasteiger partial charge on any atom is -0.297 e. The number of fused-ring (bicyclic) bond motifs is 1. The lowest BCUT2D eigenvalue weighted by Gasteiger charge is -2.23. The normalized spacial score (nSPS) is 23.9. The second-order valence-corrected chi connectivity index (χ2v) is 6.59. The van der Waals surface area contributed by atoms with Crippen molar-refractivity contribution in [3.05, 3.63) is 24.7 Å². The monoisotopic (exact) mass is 251 g/mol. The lowest BCUT2D eigenvalue weighted by molar-refractivity contribution is 0.495. The lowest BCUT2D eigenvalue weighted by Crippen LogP contribution is -2.26. The molecule has 1 atom stereocenters. The molecule has 1 aliphatic heterocycles. The average Bonchev–Trinajstić information content (AvgIpc) is 2.72. The minimum atomic E-state index is -3.06. The predicted octanol–water partition coefficient (Wildman–Crippen LogP) is 1.53. The molecular formula is C11H13N3O2S. The van der Waals surface area contributed by atoms with Gasteiger partial charge in [-0.25, -0.2) is 18.4 Å². The van der Waals surface area contributed by atoms with Crippen LogP contribution in [0.4, 0.5) is 0 Å². The van der Waals surface area contributed by atoms with Crippen molar-refractivity contribution in [3.63, 3.8) is 0 Å². The Morgan fingerprint density at radius 2 is 2.18 bits per heavy atom. The molecule has 1 fully saturated rings. The Hall–Kier alpha value is -1.43. The standard InChI is InChI=1S/C11H13N3O2S/c15-17(16)7-2-1-5-10(17)14-8-13-9-4-3-6-12-11(9)14/h3-4,6,8,10H,1-2,5,7H2. The second kappa shape index (κ2) is 3.80. The maximum Gasteiger partial charge on any atom is 0.171 e. The first-order chi connectivity index (χ1) is 8.18. The van der Waals surface area contributed by atoms with Crippen molar-refractivity contribution >= 4 is 21.0 Å². The van der Waals surface area contributed by atoms with E-state index in [4.69, 9.17) is 0 Å². The highest BCUT2D eigenvalue weighted by atomic mass is 32.2. The molecular weight excluding hydrogens is 238 g/mol. The molecule has 0 N–H and O–H groups in total. The first-order valence-corrected chi connectivity index (χ1v) is 7.39. The summed E-state index contributed by atoms with van der Waals surface area (Å²) in [5.74, 6) is 0.268. The Kier molecular flexibility index (Phi) is 2.39. The van der Waals surface area contributed by atoms with Crippen LogP contribution < -0.4 is 0 Å². The Labute approximate surface area is 99.4 Å². The molecule has 0 aromatic carbocycles. The van der Waals surface area contributed by atoms with Crippen molar-refractivity contribution in [2.45, 2.75) is 24.6 Å². The van der Waals surface area contributed by atoms with E-state index in [1.54, 1.807) is 23.2 Å². The number of nitrogens with zero attached hydrogens (tertiary/aromatic N) is 3. The van der Waals surface area contributed by atoms with Crippen molar-refractivity contribution in [1.82, 2.24) is 14.5 Å². The molecule has 2 aromatic heterocycles. The van der Waals surface area contributed by atoms with E-state index in [0.29, 0.717) is 12.1 Å². The van der Waals surface area contributed by atoms with Crippen molar-refractivity contribution in [2.75, 3.05) is 5.75 Å². The van der Waals surface area contributed by atoms with Gasteiger partial charge < -0.3 is 0 Å². The first-order valence-electron chi connectivity index (χ1n) is 5.67. The van der Waals surface area contributed by atoms with E-state index in [9.17, 15) is 8.42 Å². The van der Waals surface area contributed by atoms with Crippen molar-refractivity contribution in [2.24, 2.45) is 0 Å². The molecule has 6 heteroatoms. The summed E-state index contributed by atoms with van der Waals surface area (Å²) in [4.78, 5) is 8.41. The second-order valence-electron chi connectivity index (χ2n) is 4.32. The largest absolute Gasteiger partial charge is 0.297 e. The fourth-order valence-corrected chi connectivity index (χ4v) is 4.23. The number of sulfone groups is 1. The summed E-state index contributed by atoms with van der Waals surface area (Å²) in [5.41, 5.74) is 1.40. The van der Waals surface area contributed by atoms with E-state index >= 15 is 0 Å². The zero-order chi connectivity index (χ0) is 11.9. The summed E-state index contributed by atoms with van der Waals surface area (Å²) < 4.78 is 25.8. The van der Waals surface area contributed by atoms with Gasteiger partial charge in [0.25, 0.3) is 0 Å². The van der Waals surface area contributed by atoms with Crippen molar-refractivity contribution in [3.8, 4) is 0 Å². The van der Waals surface area contributed by atoms with Gasteiger partial charge in [-0.1, -0.05) is 0 Å². The Balaban J connectivity index is 2.15. The molecule has 5 nitrogen and oxygen atoms in total. The molecule has 17 heavy (non-hydrogen) atoms. The number of pyridine rings is 1. The van der Waals surface area contributed by atoms with Crippen LogP contribution in [0.1, 0.15) is 24.6 Å². The molecule has 90 valence electrons. The third kappa shape index (κ3) is 1.72. The van der Waals surface area contributed by atoms with Crippen LogP contribution in [0.25, 0.3) is 11.2 Å². The molecule has 0 aliphatic carbocycles. The molecule has 0 saturated carbocycles. The molecule has 1 saturated heterocycles. The highest BCUT2D eigenvalue weighted by molar-refractivity contribution is 7.91. The summed E-state index contributed by atoms with van der Waals surface area (Å²) in [6, 6.07) is 3.64. The smallest absolute Gasteiger partial charge is 0.171 e. The highest BCUT2D eigenvalue weighted by Crippen LogP contribution is 2.30. The number of rotatable bonds is 1. The first kappa shape index (κ1) is 10.7. The molecule has 1 aliphatic rings. The quantitative estimate of drug-likeness (QED) is 0.771. The highest BCUT2D eigenvalue weighted by Gasteiger charge is 2.31. The van der Waals surface area contributed by atoms with E-state index in [0.717, 1.165) is 18.4 Å². The summed E-state index contributed by atoms with van der Waals surface area (Å²) in [6.07, 6.45) is 5.61. The van der Waals surface area contributed by atoms with Crippen LogP contribution in [-0.4, -0.2) is 28.7 Å². The zero-order valence-corrected chi connectivity index (χ0v) is 10.1. The molecule has 1 unspecified atom stereocenters. The van der Waals surface area contributed by atoms with Crippen LogP contribution in [-0.2, 0) is 9.84 Å². The van der Waals surface area contributed by atoms with E-state index in [1.807, 2.05) is 6.07 Å². The van der Waals surface area contributed by atoms with Gasteiger partial charge in [-0.15, -0.1) is 0 Å². The van der Waals surface area contributed by atoms with E-state index < -0.39 is 15.2 Å². The van der Waals surface area contributed by atoms with Crippen molar-refractivity contribution < 1.29 is 8.42 Å². The van der Waals surface area contributed by atoms with Gasteiger partial charge >= 0.3 is 0 Å². The van der Waals surface area contributed by atoms with Gasteiger partial charge in [0, 0.05) is 6.20 Å². The fourth-order valence-electron chi connectivity index (χ4n) is 2.33. The van der Waals surface area contributed by atoms with Crippen LogP contribution in [0.3, 0.4) is 0 Å². The molecule has 2 aromatic rings. The van der Waals surface area contributed by atoms with Crippen LogP contribution in [0.15, 0.2) is 24.7 Å². The third-order valence-corrected chi connectivity index (χ3v) is 5.34. The molecule has 0 bridgehead atoms. The van der Waals surface area contributed by atoms with Crippen LogP contribution in [0.5, 0.6) is 0 Å². The topological polar surface area (TPSA) is 64.8 Å². The van der Waals surface area contributed by atoms with Gasteiger partial charge in [0.1, 0.15) is 10.9 Å². The predicted molar refractivity (Wildman–Crippen MR) is 64.2 cm³/mol. The summed E-state index contributed by atoms with van der Waals surface area (Å²) >= 11 is 0. The van der Waals surface area contributed by atoms with E-state index in [-0.39, 0.29) is 5.75 Å². The number of hydrogen-bond acceptors (Lipinski definition) is 4. The molecule has 3 rings (SSSR count). The minimum absolute atomic E-state index is 0.268. The van der Waals surface area contributed by atoms with E-state index in [2.05, 4.69) is 9.97 Å². The maximum absolute atomic E-state index is 12.0. The third-order valence-electron chi connectivity index (χ3n) is 3.19. The van der Waals surface area contributed by atoms with Gasteiger partial charge in [-0.05, 0) is 31.4 Å².